The summed E-state index contributed by atoms with van der Waals surface area (Å²) in [6.45, 7) is 7.34. The molecule has 0 unspecified atom stereocenters. The van der Waals surface area contributed by atoms with E-state index in [2.05, 4.69) is 39.0 Å². The van der Waals surface area contributed by atoms with Crippen molar-refractivity contribution in [2.45, 2.75) is 33.6 Å². The highest BCUT2D eigenvalue weighted by molar-refractivity contribution is 5.20. The van der Waals surface area contributed by atoms with Gasteiger partial charge in [0.25, 0.3) is 0 Å². The van der Waals surface area contributed by atoms with Gasteiger partial charge in [-0.2, -0.15) is 0 Å². The largest absolute Gasteiger partial charge is 0.330 e. The average Bonchev–Trinajstić information content (AvgIpc) is 2.03. The zero-order valence-corrected chi connectivity index (χ0v) is 8.51. The number of hydrogen-bond donors (Lipinski definition) is 1. The molecule has 0 aliphatic heterocycles. The lowest BCUT2D eigenvalue weighted by atomic mass is 10.0. The lowest BCUT2D eigenvalue weighted by Gasteiger charge is -2.05. The summed E-state index contributed by atoms with van der Waals surface area (Å²) in [5.74, 6) is 0.624. The third-order valence-electron chi connectivity index (χ3n) is 1.75. The van der Waals surface area contributed by atoms with Crippen molar-refractivity contribution in [1.82, 2.24) is 0 Å². The zero-order valence-electron chi connectivity index (χ0n) is 8.51. The first kappa shape index (κ1) is 11.4. The molecule has 0 saturated heterocycles. The van der Waals surface area contributed by atoms with Crippen molar-refractivity contribution >= 4 is 0 Å². The van der Waals surface area contributed by atoms with Gasteiger partial charge in [-0.1, -0.05) is 39.0 Å². The fraction of sp³-hybridized carbons (Fsp3) is 0.636. The van der Waals surface area contributed by atoms with E-state index >= 15 is 0 Å². The van der Waals surface area contributed by atoms with Gasteiger partial charge < -0.3 is 5.73 Å². The van der Waals surface area contributed by atoms with Crippen molar-refractivity contribution in [1.29, 1.82) is 0 Å². The van der Waals surface area contributed by atoms with Crippen LogP contribution < -0.4 is 5.73 Å². The van der Waals surface area contributed by atoms with Crippen molar-refractivity contribution in [2.24, 2.45) is 11.7 Å². The van der Waals surface area contributed by atoms with Crippen LogP contribution in [0.1, 0.15) is 33.6 Å². The smallest absolute Gasteiger partial charge is 0.00425 e. The fourth-order valence-electron chi connectivity index (χ4n) is 1.05. The minimum absolute atomic E-state index is 0.624. The molecular formula is C11H21N. The number of hydrogen-bond acceptors (Lipinski definition) is 1. The molecule has 0 fully saturated rings. The van der Waals surface area contributed by atoms with Crippen LogP contribution in [0.25, 0.3) is 0 Å². The summed E-state index contributed by atoms with van der Waals surface area (Å²) >= 11 is 0. The summed E-state index contributed by atoms with van der Waals surface area (Å²) in [5.41, 5.74) is 6.82. The zero-order chi connectivity index (χ0) is 9.40. The summed E-state index contributed by atoms with van der Waals surface area (Å²) in [6, 6.07) is 0. The standard InChI is InChI=1S/C11H21N/c1-4-7-11(10(2)3)8-5-6-9-12/h5,7-8,10H,4,6,9,12H2,1-3H3/b8-5-,11-7+. The molecule has 0 spiro atoms. The summed E-state index contributed by atoms with van der Waals surface area (Å²) in [5, 5.41) is 0. The first-order valence-electron chi connectivity index (χ1n) is 4.79. The van der Waals surface area contributed by atoms with Crippen LogP contribution in [-0.4, -0.2) is 6.54 Å². The van der Waals surface area contributed by atoms with E-state index in [4.69, 9.17) is 5.73 Å². The van der Waals surface area contributed by atoms with E-state index < -0.39 is 0 Å². The molecule has 0 aromatic heterocycles. The maximum atomic E-state index is 5.39. The monoisotopic (exact) mass is 167 g/mol. The van der Waals surface area contributed by atoms with Gasteiger partial charge in [0.15, 0.2) is 0 Å². The Hall–Kier alpha value is -0.560. The molecule has 0 radical (unpaired) electrons. The van der Waals surface area contributed by atoms with Gasteiger partial charge in [-0.15, -0.1) is 0 Å². The first-order valence-corrected chi connectivity index (χ1v) is 4.79. The SMILES string of the molecule is CC/C=C(\C=C/CCN)C(C)C. The van der Waals surface area contributed by atoms with Gasteiger partial charge in [-0.05, 0) is 30.9 Å². The van der Waals surface area contributed by atoms with Crippen LogP contribution in [0, 0.1) is 5.92 Å². The van der Waals surface area contributed by atoms with Crippen LogP contribution in [0.3, 0.4) is 0 Å². The highest BCUT2D eigenvalue weighted by Crippen LogP contribution is 2.11. The first-order chi connectivity index (χ1) is 5.72. The molecule has 70 valence electrons. The van der Waals surface area contributed by atoms with E-state index in [1.807, 2.05) is 0 Å². The molecule has 0 rings (SSSR count). The summed E-state index contributed by atoms with van der Waals surface area (Å²) in [7, 11) is 0. The highest BCUT2D eigenvalue weighted by Gasteiger charge is 1.96. The lowest BCUT2D eigenvalue weighted by molar-refractivity contribution is 0.783. The van der Waals surface area contributed by atoms with Gasteiger partial charge in [0.2, 0.25) is 0 Å². The van der Waals surface area contributed by atoms with Crippen LogP contribution in [0.5, 0.6) is 0 Å². The molecule has 0 aliphatic rings. The maximum Gasteiger partial charge on any atom is -0.00425 e. The second kappa shape index (κ2) is 7.11. The van der Waals surface area contributed by atoms with Crippen molar-refractivity contribution in [3.63, 3.8) is 0 Å². The van der Waals surface area contributed by atoms with E-state index in [1.54, 1.807) is 0 Å². The van der Waals surface area contributed by atoms with Crippen LogP contribution >= 0.6 is 0 Å². The number of nitrogens with two attached hydrogens (primary N) is 1. The van der Waals surface area contributed by atoms with Crippen LogP contribution in [0.15, 0.2) is 23.8 Å². The number of allylic oxidation sites excluding steroid dienone is 3. The normalized spacial score (nSPS) is 13.2. The Bertz CT molecular complexity index is 154. The van der Waals surface area contributed by atoms with E-state index in [-0.39, 0.29) is 0 Å². The third kappa shape index (κ3) is 5.14. The Labute approximate surface area is 76.3 Å². The molecule has 0 atom stereocenters. The van der Waals surface area contributed by atoms with Crippen LogP contribution in [-0.2, 0) is 0 Å². The molecule has 2 N–H and O–H groups in total. The van der Waals surface area contributed by atoms with E-state index in [9.17, 15) is 0 Å². The van der Waals surface area contributed by atoms with Gasteiger partial charge in [-0.3, -0.25) is 0 Å². The summed E-state index contributed by atoms with van der Waals surface area (Å²) in [4.78, 5) is 0. The molecule has 0 saturated carbocycles. The molecule has 1 heteroatoms. The minimum atomic E-state index is 0.624. The van der Waals surface area contributed by atoms with Crippen LogP contribution in [0.2, 0.25) is 0 Å². The van der Waals surface area contributed by atoms with Gasteiger partial charge >= 0.3 is 0 Å². The molecular weight excluding hydrogens is 146 g/mol. The van der Waals surface area contributed by atoms with E-state index in [0.717, 1.165) is 19.4 Å². The Kier molecular flexibility index (Phi) is 6.78. The fourth-order valence-corrected chi connectivity index (χ4v) is 1.05. The Morgan fingerprint density at radius 2 is 2.08 bits per heavy atom. The van der Waals surface area contributed by atoms with E-state index in [1.165, 1.54) is 5.57 Å². The topological polar surface area (TPSA) is 26.0 Å². The predicted molar refractivity (Wildman–Crippen MR) is 56.0 cm³/mol. The Morgan fingerprint density at radius 3 is 2.50 bits per heavy atom. The van der Waals surface area contributed by atoms with Gasteiger partial charge in [-0.25, -0.2) is 0 Å². The van der Waals surface area contributed by atoms with Crippen molar-refractivity contribution < 1.29 is 0 Å². The molecule has 0 heterocycles. The number of rotatable bonds is 5. The Balaban J connectivity index is 4.04. The quantitative estimate of drug-likeness (QED) is 0.626. The average molecular weight is 167 g/mol. The van der Waals surface area contributed by atoms with Gasteiger partial charge in [0, 0.05) is 0 Å². The Morgan fingerprint density at radius 1 is 1.42 bits per heavy atom. The second-order valence-corrected chi connectivity index (χ2v) is 3.25. The summed E-state index contributed by atoms with van der Waals surface area (Å²) < 4.78 is 0. The molecule has 0 amide bonds. The second-order valence-electron chi connectivity index (χ2n) is 3.25. The predicted octanol–water partition coefficient (Wildman–Crippen LogP) is 2.88. The molecule has 12 heavy (non-hydrogen) atoms. The third-order valence-corrected chi connectivity index (χ3v) is 1.75. The lowest BCUT2D eigenvalue weighted by Crippen LogP contribution is -1.96. The van der Waals surface area contributed by atoms with Crippen LogP contribution in [0.4, 0.5) is 0 Å². The van der Waals surface area contributed by atoms with Crippen molar-refractivity contribution in [3.05, 3.63) is 23.8 Å². The minimum Gasteiger partial charge on any atom is -0.330 e. The molecule has 0 aliphatic carbocycles. The van der Waals surface area contributed by atoms with Crippen molar-refractivity contribution in [2.75, 3.05) is 6.54 Å². The van der Waals surface area contributed by atoms with E-state index in [0.29, 0.717) is 5.92 Å². The van der Waals surface area contributed by atoms with Gasteiger partial charge in [0.1, 0.15) is 0 Å². The molecule has 1 nitrogen and oxygen atoms in total. The molecule has 0 aromatic rings. The van der Waals surface area contributed by atoms with Gasteiger partial charge in [0.05, 0.1) is 0 Å². The maximum absolute atomic E-state index is 5.39. The molecule has 0 bridgehead atoms. The molecule has 0 aromatic carbocycles. The van der Waals surface area contributed by atoms with Crippen molar-refractivity contribution in [3.8, 4) is 0 Å². The highest BCUT2D eigenvalue weighted by atomic mass is 14.5. The summed E-state index contributed by atoms with van der Waals surface area (Å²) in [6.07, 6.45) is 8.72.